The van der Waals surface area contributed by atoms with Gasteiger partial charge in [-0.15, -0.1) is 0 Å². The van der Waals surface area contributed by atoms with Crippen molar-refractivity contribution in [1.29, 1.82) is 0 Å². The number of amides is 2. The fraction of sp³-hybridized carbons (Fsp3) is 0.111. The number of rotatable bonds is 5. The number of benzene rings is 4. The van der Waals surface area contributed by atoms with E-state index < -0.39 is 0 Å². The van der Waals surface area contributed by atoms with Gasteiger partial charge in [0.1, 0.15) is 5.75 Å². The Morgan fingerprint density at radius 2 is 1.79 bits per heavy atom. The van der Waals surface area contributed by atoms with Gasteiger partial charge in [0.2, 0.25) is 5.91 Å². The number of nitrogens with one attached hydrogen (secondary N) is 2. The monoisotopic (exact) mass is 500 g/mol. The largest absolute Gasteiger partial charge is 0.483 e. The van der Waals surface area contributed by atoms with Crippen LogP contribution in [0.3, 0.4) is 0 Å². The summed E-state index contributed by atoms with van der Waals surface area (Å²) < 4.78 is 6.86. The van der Waals surface area contributed by atoms with Crippen molar-refractivity contribution in [2.75, 3.05) is 17.2 Å². The molecule has 2 amide bonds. The predicted molar refractivity (Wildman–Crippen MR) is 134 cm³/mol. The Hall–Kier alpha value is -3.64. The van der Waals surface area contributed by atoms with E-state index >= 15 is 0 Å². The molecule has 1 aliphatic heterocycles. The first-order chi connectivity index (χ1) is 16.1. The molecule has 0 saturated carbocycles. The van der Waals surface area contributed by atoms with Gasteiger partial charge in [-0.2, -0.15) is 0 Å². The standard InChI is InChI=1S/C27H21BrN2O3/c28-18-11-13-24(33-16-26(32)29-19-7-2-1-3-8-19)21(14-18)22-15-25(31)30-23-12-10-17-6-4-5-9-20(17)27(22)23/h1-14,22H,15-16H2,(H,29,32)(H,30,31). The smallest absolute Gasteiger partial charge is 0.262 e. The van der Waals surface area contributed by atoms with Gasteiger partial charge in [0, 0.05) is 33.7 Å². The van der Waals surface area contributed by atoms with Crippen LogP contribution in [0.5, 0.6) is 5.75 Å². The van der Waals surface area contributed by atoms with Crippen molar-refractivity contribution in [2.45, 2.75) is 12.3 Å². The highest BCUT2D eigenvalue weighted by Gasteiger charge is 2.30. The summed E-state index contributed by atoms with van der Waals surface area (Å²) in [5.74, 6) is 0.0855. The second kappa shape index (κ2) is 9.08. The minimum absolute atomic E-state index is 0.0458. The minimum atomic E-state index is -0.248. The Morgan fingerprint density at radius 1 is 1.00 bits per heavy atom. The summed E-state index contributed by atoms with van der Waals surface area (Å²) >= 11 is 3.56. The zero-order chi connectivity index (χ0) is 22.8. The summed E-state index contributed by atoms with van der Waals surface area (Å²) in [4.78, 5) is 25.0. The molecule has 4 aromatic rings. The molecule has 0 aromatic heterocycles. The first-order valence-corrected chi connectivity index (χ1v) is 11.5. The SMILES string of the molecule is O=C(COc1ccc(Br)cc1C1CC(=O)Nc2ccc3ccccc3c21)Nc1ccccc1. The fourth-order valence-electron chi connectivity index (χ4n) is 4.32. The van der Waals surface area contributed by atoms with E-state index in [1.807, 2.05) is 72.8 Å². The van der Waals surface area contributed by atoms with Crippen LogP contribution in [0.15, 0.2) is 89.4 Å². The molecule has 5 nitrogen and oxygen atoms in total. The Kier molecular flexibility index (Phi) is 5.84. The highest BCUT2D eigenvalue weighted by atomic mass is 79.9. The van der Waals surface area contributed by atoms with Gasteiger partial charge in [0.15, 0.2) is 6.61 Å². The van der Waals surface area contributed by atoms with Gasteiger partial charge in [-0.05, 0) is 52.7 Å². The normalized spacial score (nSPS) is 14.9. The van der Waals surface area contributed by atoms with Crippen LogP contribution in [-0.2, 0) is 9.59 Å². The van der Waals surface area contributed by atoms with E-state index in [-0.39, 0.29) is 24.3 Å². The molecule has 33 heavy (non-hydrogen) atoms. The maximum absolute atomic E-state index is 12.6. The molecule has 6 heteroatoms. The minimum Gasteiger partial charge on any atom is -0.483 e. The lowest BCUT2D eigenvalue weighted by Gasteiger charge is -2.29. The molecule has 2 N–H and O–H groups in total. The Labute approximate surface area is 199 Å². The number of para-hydroxylation sites is 1. The zero-order valence-corrected chi connectivity index (χ0v) is 19.3. The van der Waals surface area contributed by atoms with Crippen molar-refractivity contribution < 1.29 is 14.3 Å². The van der Waals surface area contributed by atoms with Crippen LogP contribution in [-0.4, -0.2) is 18.4 Å². The van der Waals surface area contributed by atoms with Crippen LogP contribution in [0.2, 0.25) is 0 Å². The Bertz CT molecular complexity index is 1350. The van der Waals surface area contributed by atoms with Crippen LogP contribution in [0, 0.1) is 0 Å². The van der Waals surface area contributed by atoms with Gasteiger partial charge in [-0.25, -0.2) is 0 Å². The molecule has 1 heterocycles. The maximum atomic E-state index is 12.6. The zero-order valence-electron chi connectivity index (χ0n) is 17.7. The molecule has 0 radical (unpaired) electrons. The third-order valence-corrected chi connectivity index (χ3v) is 6.24. The Balaban J connectivity index is 1.49. The molecular weight excluding hydrogens is 480 g/mol. The van der Waals surface area contributed by atoms with Crippen molar-refractivity contribution in [3.05, 3.63) is 101 Å². The van der Waals surface area contributed by atoms with Gasteiger partial charge in [0.05, 0.1) is 0 Å². The summed E-state index contributed by atoms with van der Waals surface area (Å²) in [7, 11) is 0. The summed E-state index contributed by atoms with van der Waals surface area (Å²) in [6, 6.07) is 27.1. The van der Waals surface area contributed by atoms with E-state index in [1.165, 1.54) is 0 Å². The first-order valence-electron chi connectivity index (χ1n) is 10.7. The third kappa shape index (κ3) is 4.47. The van der Waals surface area contributed by atoms with Crippen LogP contribution < -0.4 is 15.4 Å². The van der Waals surface area contributed by atoms with Gasteiger partial charge in [-0.1, -0.05) is 64.5 Å². The van der Waals surface area contributed by atoms with Crippen LogP contribution >= 0.6 is 15.9 Å². The average molecular weight is 501 g/mol. The van der Waals surface area contributed by atoms with E-state index in [9.17, 15) is 9.59 Å². The van der Waals surface area contributed by atoms with E-state index in [1.54, 1.807) is 0 Å². The topological polar surface area (TPSA) is 67.4 Å². The van der Waals surface area contributed by atoms with E-state index in [2.05, 4.69) is 38.7 Å². The second-order valence-electron chi connectivity index (χ2n) is 7.94. The number of hydrogen-bond donors (Lipinski definition) is 2. The van der Waals surface area contributed by atoms with Crippen LogP contribution in [0.1, 0.15) is 23.5 Å². The van der Waals surface area contributed by atoms with Gasteiger partial charge < -0.3 is 15.4 Å². The quantitative estimate of drug-likeness (QED) is 0.348. The van der Waals surface area contributed by atoms with E-state index in [0.29, 0.717) is 17.9 Å². The molecule has 1 aliphatic rings. The molecule has 164 valence electrons. The lowest BCUT2D eigenvalue weighted by atomic mass is 9.81. The molecule has 4 aromatic carbocycles. The highest BCUT2D eigenvalue weighted by molar-refractivity contribution is 9.10. The Morgan fingerprint density at radius 3 is 2.64 bits per heavy atom. The summed E-state index contributed by atoms with van der Waals surface area (Å²) in [6.45, 7) is -0.134. The molecule has 0 saturated heterocycles. The van der Waals surface area contributed by atoms with E-state index in [0.717, 1.165) is 32.1 Å². The summed E-state index contributed by atoms with van der Waals surface area (Å²) in [6.07, 6.45) is 0.296. The number of hydrogen-bond acceptors (Lipinski definition) is 3. The molecule has 0 bridgehead atoms. The second-order valence-corrected chi connectivity index (χ2v) is 8.85. The van der Waals surface area contributed by atoms with Crippen molar-refractivity contribution in [2.24, 2.45) is 0 Å². The van der Waals surface area contributed by atoms with Gasteiger partial charge in [0.25, 0.3) is 5.91 Å². The van der Waals surface area contributed by atoms with Crippen molar-refractivity contribution in [1.82, 2.24) is 0 Å². The lowest BCUT2D eigenvalue weighted by molar-refractivity contribution is -0.118. The number of carbonyl (C=O) groups excluding carboxylic acids is 2. The van der Waals surface area contributed by atoms with Gasteiger partial charge >= 0.3 is 0 Å². The average Bonchev–Trinajstić information content (AvgIpc) is 2.83. The van der Waals surface area contributed by atoms with Crippen LogP contribution in [0.25, 0.3) is 10.8 Å². The first kappa shape index (κ1) is 21.2. The molecule has 1 unspecified atom stereocenters. The molecular formula is C27H21BrN2O3. The number of halogens is 1. The number of fused-ring (bicyclic) bond motifs is 3. The maximum Gasteiger partial charge on any atom is 0.262 e. The molecule has 0 spiro atoms. The van der Waals surface area contributed by atoms with Crippen LogP contribution in [0.4, 0.5) is 11.4 Å². The number of anilines is 2. The number of ether oxygens (including phenoxy) is 1. The number of carbonyl (C=O) groups is 2. The predicted octanol–water partition coefficient (Wildman–Crippen LogP) is 6.09. The molecule has 5 rings (SSSR count). The van der Waals surface area contributed by atoms with Crippen molar-refractivity contribution in [3.63, 3.8) is 0 Å². The molecule has 0 aliphatic carbocycles. The highest BCUT2D eigenvalue weighted by Crippen LogP contribution is 2.44. The summed E-state index contributed by atoms with van der Waals surface area (Å²) in [5.41, 5.74) is 3.45. The molecule has 0 fully saturated rings. The molecule has 1 atom stereocenters. The lowest BCUT2D eigenvalue weighted by Crippen LogP contribution is -2.25. The third-order valence-electron chi connectivity index (χ3n) is 5.75. The van der Waals surface area contributed by atoms with Crippen molar-refractivity contribution in [3.8, 4) is 5.75 Å². The van der Waals surface area contributed by atoms with Gasteiger partial charge in [-0.3, -0.25) is 9.59 Å². The summed E-state index contributed by atoms with van der Waals surface area (Å²) in [5, 5.41) is 8.04. The fourth-order valence-corrected chi connectivity index (χ4v) is 4.70. The van der Waals surface area contributed by atoms with E-state index in [4.69, 9.17) is 4.74 Å². The van der Waals surface area contributed by atoms with Crippen molar-refractivity contribution >= 4 is 49.9 Å².